The van der Waals surface area contributed by atoms with Gasteiger partial charge in [-0.15, -0.1) is 0 Å². The number of amides is 1. The van der Waals surface area contributed by atoms with Crippen LogP contribution in [0.3, 0.4) is 0 Å². The average molecular weight is 297 g/mol. The number of carbonyl (C=O) groups excluding carboxylic acids is 1. The first-order valence-electron chi connectivity index (χ1n) is 6.18. The van der Waals surface area contributed by atoms with E-state index in [1.807, 2.05) is 0 Å². The molecular formula is C14H19NO4S. The molecule has 0 radical (unpaired) electrons. The molecule has 1 rings (SSSR count). The monoisotopic (exact) mass is 297 g/mol. The number of hydrogen-bond donors (Lipinski definition) is 2. The SMILES string of the molecule is CC(C)(CCO)NC(=O)/C=C/S(=O)(=O)c1ccccc1. The molecule has 110 valence electrons. The topological polar surface area (TPSA) is 83.5 Å². The highest BCUT2D eigenvalue weighted by Crippen LogP contribution is 2.11. The second-order valence-corrected chi connectivity index (χ2v) is 6.84. The van der Waals surface area contributed by atoms with Crippen molar-refractivity contribution < 1.29 is 18.3 Å². The summed E-state index contributed by atoms with van der Waals surface area (Å²) in [6.07, 6.45) is 1.37. The van der Waals surface area contributed by atoms with Gasteiger partial charge in [-0.2, -0.15) is 0 Å². The number of benzene rings is 1. The molecule has 0 aliphatic rings. The molecule has 0 saturated heterocycles. The van der Waals surface area contributed by atoms with E-state index in [2.05, 4.69) is 5.32 Å². The van der Waals surface area contributed by atoms with Crippen molar-refractivity contribution in [1.29, 1.82) is 0 Å². The molecule has 0 atom stereocenters. The molecule has 0 aromatic heterocycles. The van der Waals surface area contributed by atoms with Crippen LogP contribution in [0.1, 0.15) is 20.3 Å². The van der Waals surface area contributed by atoms with Crippen molar-refractivity contribution in [1.82, 2.24) is 5.32 Å². The smallest absolute Gasteiger partial charge is 0.245 e. The Morgan fingerprint density at radius 3 is 2.45 bits per heavy atom. The molecule has 0 heterocycles. The van der Waals surface area contributed by atoms with Gasteiger partial charge in [-0.25, -0.2) is 8.42 Å². The maximum absolute atomic E-state index is 11.9. The lowest BCUT2D eigenvalue weighted by Crippen LogP contribution is -2.43. The quantitative estimate of drug-likeness (QED) is 0.774. The van der Waals surface area contributed by atoms with E-state index in [4.69, 9.17) is 5.11 Å². The number of rotatable bonds is 6. The Kier molecular flexibility index (Phi) is 5.47. The fourth-order valence-corrected chi connectivity index (χ4v) is 2.55. The maximum atomic E-state index is 11.9. The molecule has 0 saturated carbocycles. The van der Waals surface area contributed by atoms with Gasteiger partial charge in [0.15, 0.2) is 9.84 Å². The first kappa shape index (κ1) is 16.4. The van der Waals surface area contributed by atoms with Crippen LogP contribution in [0.5, 0.6) is 0 Å². The van der Waals surface area contributed by atoms with Gasteiger partial charge in [-0.05, 0) is 32.4 Å². The van der Waals surface area contributed by atoms with Crippen LogP contribution in [-0.2, 0) is 14.6 Å². The maximum Gasteiger partial charge on any atom is 0.245 e. The summed E-state index contributed by atoms with van der Waals surface area (Å²) in [5.74, 6) is -0.511. The fourth-order valence-electron chi connectivity index (χ4n) is 1.56. The first-order valence-corrected chi connectivity index (χ1v) is 7.73. The summed E-state index contributed by atoms with van der Waals surface area (Å²) in [6, 6.07) is 7.88. The van der Waals surface area contributed by atoms with Gasteiger partial charge in [0.2, 0.25) is 5.91 Å². The molecule has 0 fully saturated rings. The molecule has 0 aliphatic carbocycles. The zero-order valence-electron chi connectivity index (χ0n) is 11.5. The Bertz CT molecular complexity index is 576. The molecule has 0 spiro atoms. The fraction of sp³-hybridized carbons (Fsp3) is 0.357. The van der Waals surface area contributed by atoms with Crippen LogP contribution in [0.2, 0.25) is 0 Å². The predicted molar refractivity (Wildman–Crippen MR) is 76.7 cm³/mol. The zero-order chi connectivity index (χ0) is 15.2. The van der Waals surface area contributed by atoms with Crippen LogP contribution in [0, 0.1) is 0 Å². The second kappa shape index (κ2) is 6.67. The minimum atomic E-state index is -3.61. The summed E-state index contributed by atoms with van der Waals surface area (Å²) < 4.78 is 23.8. The molecule has 1 aromatic carbocycles. The molecule has 0 aliphatic heterocycles. The lowest BCUT2D eigenvalue weighted by molar-refractivity contribution is -0.118. The number of aliphatic hydroxyl groups excluding tert-OH is 1. The highest BCUT2D eigenvalue weighted by atomic mass is 32.2. The Labute approximate surface area is 119 Å². The zero-order valence-corrected chi connectivity index (χ0v) is 12.4. The lowest BCUT2D eigenvalue weighted by atomic mass is 10.0. The summed E-state index contributed by atoms with van der Waals surface area (Å²) in [4.78, 5) is 11.8. The van der Waals surface area contributed by atoms with Crippen LogP contribution in [0.4, 0.5) is 0 Å². The lowest BCUT2D eigenvalue weighted by Gasteiger charge is -2.24. The third-order valence-electron chi connectivity index (χ3n) is 2.67. The number of sulfone groups is 1. The highest BCUT2D eigenvalue weighted by molar-refractivity contribution is 7.94. The average Bonchev–Trinajstić information content (AvgIpc) is 2.37. The standard InChI is InChI=1S/C14H19NO4S/c1-14(2,9-10-16)15-13(17)8-11-20(18,19)12-6-4-3-5-7-12/h3-8,11,16H,9-10H2,1-2H3,(H,15,17)/b11-8+. The Morgan fingerprint density at radius 2 is 1.90 bits per heavy atom. The summed E-state index contributed by atoms with van der Waals surface area (Å²) in [6.45, 7) is 3.45. The van der Waals surface area contributed by atoms with Gasteiger partial charge in [-0.1, -0.05) is 18.2 Å². The van der Waals surface area contributed by atoms with Crippen LogP contribution in [0.15, 0.2) is 46.7 Å². The van der Waals surface area contributed by atoms with Crippen molar-refractivity contribution in [3.8, 4) is 0 Å². The molecular weight excluding hydrogens is 278 g/mol. The molecule has 0 unspecified atom stereocenters. The summed E-state index contributed by atoms with van der Waals surface area (Å²) in [5, 5.41) is 12.4. The number of hydrogen-bond acceptors (Lipinski definition) is 4. The van der Waals surface area contributed by atoms with Crippen molar-refractivity contribution in [2.24, 2.45) is 0 Å². The number of carbonyl (C=O) groups is 1. The summed E-state index contributed by atoms with van der Waals surface area (Å²) in [5.41, 5.74) is -0.591. The van der Waals surface area contributed by atoms with E-state index in [1.54, 1.807) is 32.0 Å². The van der Waals surface area contributed by atoms with Crippen molar-refractivity contribution in [3.05, 3.63) is 41.8 Å². The van der Waals surface area contributed by atoms with E-state index < -0.39 is 21.3 Å². The largest absolute Gasteiger partial charge is 0.396 e. The van der Waals surface area contributed by atoms with E-state index in [0.29, 0.717) is 6.42 Å². The van der Waals surface area contributed by atoms with Crippen molar-refractivity contribution in [2.45, 2.75) is 30.7 Å². The molecule has 1 aromatic rings. The summed E-state index contributed by atoms with van der Waals surface area (Å²) in [7, 11) is -3.61. The second-order valence-electron chi connectivity index (χ2n) is 5.01. The van der Waals surface area contributed by atoms with Gasteiger partial charge in [0.05, 0.1) is 4.90 Å². The number of nitrogens with one attached hydrogen (secondary N) is 1. The van der Waals surface area contributed by atoms with Crippen LogP contribution >= 0.6 is 0 Å². The van der Waals surface area contributed by atoms with Gasteiger partial charge in [0, 0.05) is 23.6 Å². The predicted octanol–water partition coefficient (Wildman–Crippen LogP) is 1.25. The summed E-state index contributed by atoms with van der Waals surface area (Å²) >= 11 is 0. The molecule has 1 amide bonds. The van der Waals surface area contributed by atoms with E-state index in [9.17, 15) is 13.2 Å². The first-order chi connectivity index (χ1) is 9.27. The molecule has 6 heteroatoms. The van der Waals surface area contributed by atoms with Crippen LogP contribution in [-0.4, -0.2) is 31.6 Å². The Balaban J connectivity index is 2.75. The number of aliphatic hydroxyl groups is 1. The van der Waals surface area contributed by atoms with Crippen LogP contribution < -0.4 is 5.32 Å². The molecule has 2 N–H and O–H groups in total. The van der Waals surface area contributed by atoms with E-state index in [-0.39, 0.29) is 11.5 Å². The van der Waals surface area contributed by atoms with Crippen molar-refractivity contribution in [3.63, 3.8) is 0 Å². The third kappa shape index (κ3) is 5.14. The van der Waals surface area contributed by atoms with Gasteiger partial charge >= 0.3 is 0 Å². The van der Waals surface area contributed by atoms with E-state index >= 15 is 0 Å². The minimum absolute atomic E-state index is 0.0562. The van der Waals surface area contributed by atoms with Gasteiger partial charge in [0.1, 0.15) is 0 Å². The van der Waals surface area contributed by atoms with Gasteiger partial charge in [0.25, 0.3) is 0 Å². The normalized spacial score (nSPS) is 12.6. The molecule has 5 nitrogen and oxygen atoms in total. The van der Waals surface area contributed by atoms with E-state index in [1.165, 1.54) is 12.1 Å². The molecule has 20 heavy (non-hydrogen) atoms. The van der Waals surface area contributed by atoms with Crippen molar-refractivity contribution in [2.75, 3.05) is 6.61 Å². The van der Waals surface area contributed by atoms with Gasteiger partial charge < -0.3 is 10.4 Å². The van der Waals surface area contributed by atoms with Crippen molar-refractivity contribution >= 4 is 15.7 Å². The third-order valence-corrected chi connectivity index (χ3v) is 4.09. The minimum Gasteiger partial charge on any atom is -0.396 e. The Morgan fingerprint density at radius 1 is 1.30 bits per heavy atom. The Hall–Kier alpha value is -1.66. The van der Waals surface area contributed by atoms with Crippen LogP contribution in [0.25, 0.3) is 0 Å². The van der Waals surface area contributed by atoms with E-state index in [0.717, 1.165) is 11.5 Å². The highest BCUT2D eigenvalue weighted by Gasteiger charge is 2.19. The van der Waals surface area contributed by atoms with Gasteiger partial charge in [-0.3, -0.25) is 4.79 Å². The molecule has 0 bridgehead atoms.